The molecule has 25 heavy (non-hydrogen) atoms. The van der Waals surface area contributed by atoms with E-state index in [1.807, 2.05) is 0 Å². The number of nitrogens with zero attached hydrogens (tertiary/aromatic N) is 2. The smallest absolute Gasteiger partial charge is 0.334 e. The van der Waals surface area contributed by atoms with E-state index < -0.39 is 12.1 Å². The fraction of sp³-hybridized carbons (Fsp3) is 0.471. The molecule has 0 aliphatic carbocycles. The number of likely N-dealkylation sites (N-methyl/N-ethyl adjacent to an activating group) is 1. The van der Waals surface area contributed by atoms with Crippen LogP contribution in [0.4, 0.5) is 0 Å². The molecule has 0 spiro atoms. The Balaban J connectivity index is 2.16. The predicted molar refractivity (Wildman–Crippen MR) is 88.5 cm³/mol. The molecule has 1 aliphatic heterocycles. The zero-order valence-electron chi connectivity index (χ0n) is 14.5. The third-order valence-corrected chi connectivity index (χ3v) is 3.79. The largest absolute Gasteiger partial charge is 0.483 e. The lowest BCUT2D eigenvalue weighted by molar-refractivity contribution is -0.160. The minimum atomic E-state index is -1.11. The molecule has 1 saturated heterocycles. The molecule has 1 N–H and O–H groups in total. The lowest BCUT2D eigenvalue weighted by Crippen LogP contribution is -2.51. The number of aliphatic carboxylic acids is 1. The van der Waals surface area contributed by atoms with Crippen LogP contribution < -0.4 is 4.74 Å². The van der Waals surface area contributed by atoms with Gasteiger partial charge in [-0.2, -0.15) is 0 Å². The maximum atomic E-state index is 12.8. The predicted octanol–water partition coefficient (Wildman–Crippen LogP) is 0.468. The molecule has 8 heteroatoms. The van der Waals surface area contributed by atoms with E-state index in [1.165, 1.54) is 9.80 Å². The number of hydrogen-bond acceptors (Lipinski definition) is 5. The molecule has 2 amide bonds. The fourth-order valence-corrected chi connectivity index (χ4v) is 2.46. The van der Waals surface area contributed by atoms with Crippen LogP contribution in [0.1, 0.15) is 17.3 Å². The van der Waals surface area contributed by atoms with Crippen LogP contribution in [0.2, 0.25) is 0 Å². The van der Waals surface area contributed by atoms with Gasteiger partial charge < -0.3 is 24.4 Å². The summed E-state index contributed by atoms with van der Waals surface area (Å²) in [6, 6.07) is 6.59. The van der Waals surface area contributed by atoms with Crippen LogP contribution in [0.3, 0.4) is 0 Å². The molecule has 1 unspecified atom stereocenters. The molecule has 0 saturated carbocycles. The molecule has 136 valence electrons. The minimum Gasteiger partial charge on any atom is -0.483 e. The van der Waals surface area contributed by atoms with Crippen LogP contribution in [0.5, 0.6) is 5.75 Å². The fourth-order valence-electron chi connectivity index (χ4n) is 2.46. The summed E-state index contributed by atoms with van der Waals surface area (Å²) in [5.74, 6) is -1.40. The summed E-state index contributed by atoms with van der Waals surface area (Å²) >= 11 is 0. The first-order chi connectivity index (χ1) is 11.8. The zero-order valence-corrected chi connectivity index (χ0v) is 14.5. The summed E-state index contributed by atoms with van der Waals surface area (Å²) in [4.78, 5) is 38.5. The van der Waals surface area contributed by atoms with Crippen LogP contribution in [0.25, 0.3) is 0 Å². The SMILES string of the molecule is C[C@@H]1CN(C(=O)c2ccccc2OCC(=O)N(C)C)CC(C(=O)O)O1. The Morgan fingerprint density at radius 1 is 1.28 bits per heavy atom. The quantitative estimate of drug-likeness (QED) is 0.829. The number of ether oxygens (including phenoxy) is 2. The average Bonchev–Trinajstić information content (AvgIpc) is 2.58. The van der Waals surface area contributed by atoms with Gasteiger partial charge in [0.05, 0.1) is 18.2 Å². The van der Waals surface area contributed by atoms with Crippen molar-refractivity contribution in [3.05, 3.63) is 29.8 Å². The summed E-state index contributed by atoms with van der Waals surface area (Å²) in [7, 11) is 3.23. The Morgan fingerprint density at radius 3 is 2.60 bits per heavy atom. The van der Waals surface area contributed by atoms with Gasteiger partial charge in [0.2, 0.25) is 0 Å². The van der Waals surface area contributed by atoms with E-state index in [0.29, 0.717) is 0 Å². The van der Waals surface area contributed by atoms with Crippen LogP contribution in [0.15, 0.2) is 24.3 Å². The number of benzene rings is 1. The molecule has 2 rings (SSSR count). The van der Waals surface area contributed by atoms with Crippen molar-refractivity contribution in [2.45, 2.75) is 19.1 Å². The van der Waals surface area contributed by atoms with E-state index in [1.54, 1.807) is 45.3 Å². The van der Waals surface area contributed by atoms with Gasteiger partial charge in [0, 0.05) is 20.6 Å². The van der Waals surface area contributed by atoms with E-state index in [2.05, 4.69) is 0 Å². The number of carboxylic acid groups (broad SMARTS) is 1. The highest BCUT2D eigenvalue weighted by atomic mass is 16.5. The molecule has 8 nitrogen and oxygen atoms in total. The van der Waals surface area contributed by atoms with Gasteiger partial charge in [0.15, 0.2) is 12.7 Å². The first-order valence-corrected chi connectivity index (χ1v) is 7.89. The van der Waals surface area contributed by atoms with Crippen LogP contribution in [-0.2, 0) is 14.3 Å². The molecule has 1 aromatic rings. The van der Waals surface area contributed by atoms with E-state index in [4.69, 9.17) is 14.6 Å². The molecule has 2 atom stereocenters. The van der Waals surface area contributed by atoms with Crippen molar-refractivity contribution < 1.29 is 29.0 Å². The zero-order chi connectivity index (χ0) is 18.6. The number of hydrogen-bond donors (Lipinski definition) is 1. The Hall–Kier alpha value is -2.61. The van der Waals surface area contributed by atoms with Crippen LogP contribution in [-0.4, -0.2) is 78.7 Å². The van der Waals surface area contributed by atoms with Crippen molar-refractivity contribution in [1.82, 2.24) is 9.80 Å². The third-order valence-electron chi connectivity index (χ3n) is 3.79. The summed E-state index contributed by atoms with van der Waals surface area (Å²) in [5, 5.41) is 9.15. The van der Waals surface area contributed by atoms with Crippen LogP contribution in [0, 0.1) is 0 Å². The van der Waals surface area contributed by atoms with Gasteiger partial charge in [-0.3, -0.25) is 9.59 Å². The lowest BCUT2D eigenvalue weighted by Gasteiger charge is -2.35. The summed E-state index contributed by atoms with van der Waals surface area (Å²) in [6.45, 7) is 1.78. The van der Waals surface area contributed by atoms with Gasteiger partial charge in [-0.25, -0.2) is 4.79 Å². The standard InChI is InChI=1S/C17H22N2O6/c1-11-8-19(9-14(25-11)17(22)23)16(21)12-6-4-5-7-13(12)24-10-15(20)18(2)3/h4-7,11,14H,8-10H2,1-3H3,(H,22,23)/t11-,14?/m1/s1. The summed E-state index contributed by atoms with van der Waals surface area (Å²) < 4.78 is 10.8. The van der Waals surface area contributed by atoms with Crippen molar-refractivity contribution in [3.63, 3.8) is 0 Å². The second-order valence-electron chi connectivity index (χ2n) is 6.06. The molecule has 0 radical (unpaired) electrons. The minimum absolute atomic E-state index is 0.0382. The number of rotatable bonds is 5. The maximum Gasteiger partial charge on any atom is 0.334 e. The first kappa shape index (κ1) is 18.7. The first-order valence-electron chi connectivity index (χ1n) is 7.89. The topological polar surface area (TPSA) is 96.4 Å². The van der Waals surface area contributed by atoms with E-state index in [-0.39, 0.29) is 48.9 Å². The number of carbonyl (C=O) groups is 3. The van der Waals surface area contributed by atoms with Gasteiger partial charge in [0.1, 0.15) is 5.75 Å². The van der Waals surface area contributed by atoms with Crippen molar-refractivity contribution >= 4 is 17.8 Å². The van der Waals surface area contributed by atoms with Gasteiger partial charge in [0.25, 0.3) is 11.8 Å². The Bertz CT molecular complexity index is 660. The van der Waals surface area contributed by atoms with Crippen molar-refractivity contribution in [1.29, 1.82) is 0 Å². The van der Waals surface area contributed by atoms with Crippen molar-refractivity contribution in [3.8, 4) is 5.75 Å². The van der Waals surface area contributed by atoms with Gasteiger partial charge in [-0.1, -0.05) is 12.1 Å². The molecular formula is C17H22N2O6. The highest BCUT2D eigenvalue weighted by Crippen LogP contribution is 2.22. The normalized spacial score (nSPS) is 20.0. The monoisotopic (exact) mass is 350 g/mol. The van der Waals surface area contributed by atoms with E-state index in [9.17, 15) is 14.4 Å². The summed E-state index contributed by atoms with van der Waals surface area (Å²) in [5.41, 5.74) is 0.285. The molecule has 1 fully saturated rings. The molecule has 1 heterocycles. The van der Waals surface area contributed by atoms with E-state index >= 15 is 0 Å². The highest BCUT2D eigenvalue weighted by Gasteiger charge is 2.33. The van der Waals surface area contributed by atoms with Gasteiger partial charge >= 0.3 is 5.97 Å². The molecule has 0 bridgehead atoms. The Morgan fingerprint density at radius 2 is 1.96 bits per heavy atom. The van der Waals surface area contributed by atoms with Gasteiger partial charge in [-0.05, 0) is 19.1 Å². The average molecular weight is 350 g/mol. The highest BCUT2D eigenvalue weighted by molar-refractivity contribution is 5.97. The second kappa shape index (κ2) is 7.98. The van der Waals surface area contributed by atoms with Crippen molar-refractivity contribution in [2.75, 3.05) is 33.8 Å². The summed E-state index contributed by atoms with van der Waals surface area (Å²) in [6.07, 6.45) is -1.45. The molecular weight excluding hydrogens is 328 g/mol. The number of para-hydroxylation sites is 1. The number of morpholine rings is 1. The lowest BCUT2D eigenvalue weighted by atomic mass is 10.1. The molecule has 1 aromatic carbocycles. The van der Waals surface area contributed by atoms with Crippen molar-refractivity contribution in [2.24, 2.45) is 0 Å². The third kappa shape index (κ3) is 4.69. The number of carbonyl (C=O) groups excluding carboxylic acids is 2. The molecule has 0 aromatic heterocycles. The van der Waals surface area contributed by atoms with E-state index in [0.717, 1.165) is 0 Å². The van der Waals surface area contributed by atoms with Gasteiger partial charge in [-0.15, -0.1) is 0 Å². The Kier molecular flexibility index (Phi) is 5.97. The maximum absolute atomic E-state index is 12.8. The second-order valence-corrected chi connectivity index (χ2v) is 6.06. The number of amides is 2. The Labute approximate surface area is 145 Å². The molecule has 1 aliphatic rings. The number of carboxylic acids is 1. The van der Waals surface area contributed by atoms with Crippen LogP contribution >= 0.6 is 0 Å².